The fourth-order valence-corrected chi connectivity index (χ4v) is 4.38. The summed E-state index contributed by atoms with van der Waals surface area (Å²) in [6.45, 7) is 1.84. The Kier molecular flexibility index (Phi) is 6.51. The number of aromatic nitrogens is 2. The van der Waals surface area contributed by atoms with Crippen LogP contribution in [0.25, 0.3) is 10.9 Å². The van der Waals surface area contributed by atoms with Gasteiger partial charge >= 0.3 is 5.97 Å². The van der Waals surface area contributed by atoms with Crippen molar-refractivity contribution in [3.8, 4) is 0 Å². The molecule has 0 spiro atoms. The maximum absolute atomic E-state index is 13.4. The van der Waals surface area contributed by atoms with Crippen molar-refractivity contribution in [3.05, 3.63) is 120 Å². The number of aromatic amines is 1. The predicted octanol–water partition coefficient (Wildman–Crippen LogP) is 5.55. The number of anilines is 1. The average Bonchev–Trinajstić information content (AvgIpc) is 3.54. The highest BCUT2D eigenvalue weighted by Gasteiger charge is 2.41. The predicted molar refractivity (Wildman–Crippen MR) is 143 cm³/mol. The van der Waals surface area contributed by atoms with Crippen molar-refractivity contribution in [2.24, 2.45) is 0 Å². The van der Waals surface area contributed by atoms with Gasteiger partial charge in [-0.1, -0.05) is 66.7 Å². The van der Waals surface area contributed by atoms with Gasteiger partial charge in [0, 0.05) is 40.8 Å². The highest BCUT2D eigenvalue weighted by molar-refractivity contribution is 7.80. The first-order valence-electron chi connectivity index (χ1n) is 11.4. The molecule has 3 aromatic carbocycles. The van der Waals surface area contributed by atoms with E-state index >= 15 is 0 Å². The highest BCUT2D eigenvalue weighted by Crippen LogP contribution is 2.38. The van der Waals surface area contributed by atoms with Crippen molar-refractivity contribution in [1.29, 1.82) is 0 Å². The van der Waals surface area contributed by atoms with Crippen LogP contribution in [0.3, 0.4) is 0 Å². The van der Waals surface area contributed by atoms with Crippen LogP contribution in [0.5, 0.6) is 0 Å². The number of thiocarbonyl (C=S) groups is 1. The van der Waals surface area contributed by atoms with E-state index in [1.165, 1.54) is 6.26 Å². The number of ether oxygens (including phenoxy) is 1. The van der Waals surface area contributed by atoms with E-state index < -0.39 is 11.6 Å². The van der Waals surface area contributed by atoms with Crippen molar-refractivity contribution in [2.45, 2.75) is 12.5 Å². The summed E-state index contributed by atoms with van der Waals surface area (Å²) in [5.74, 6) is -0.226. The minimum absolute atomic E-state index is 0.0950. The number of H-pyrrole nitrogens is 1. The van der Waals surface area contributed by atoms with E-state index in [9.17, 15) is 4.79 Å². The third-order valence-corrected chi connectivity index (χ3v) is 6.14. The lowest BCUT2D eigenvalue weighted by molar-refractivity contribution is 0.000330. The van der Waals surface area contributed by atoms with E-state index in [1.807, 2.05) is 91.1 Å². The minimum Gasteiger partial charge on any atom is -0.448 e. The Morgan fingerprint density at radius 3 is 2.44 bits per heavy atom. The Balaban J connectivity index is 1.58. The van der Waals surface area contributed by atoms with Crippen molar-refractivity contribution in [2.75, 3.05) is 11.9 Å². The number of carbonyl (C=O) groups excluding carboxylic acids is 1. The lowest BCUT2D eigenvalue weighted by Gasteiger charge is -2.34. The third kappa shape index (κ3) is 4.71. The molecular formula is C28H24N4O3S. The Bertz CT molecular complexity index is 1500. The van der Waals surface area contributed by atoms with Gasteiger partial charge in [-0.3, -0.25) is 0 Å². The molecule has 5 rings (SSSR count). The van der Waals surface area contributed by atoms with Crippen LogP contribution in [0.1, 0.15) is 27.5 Å². The number of fused-ring (bicyclic) bond motifs is 1. The molecule has 0 fully saturated rings. The van der Waals surface area contributed by atoms with Gasteiger partial charge in [0.15, 0.2) is 22.3 Å². The summed E-state index contributed by atoms with van der Waals surface area (Å²) < 4.78 is 11.6. The van der Waals surface area contributed by atoms with Crippen molar-refractivity contribution in [1.82, 2.24) is 15.3 Å². The molecule has 36 heavy (non-hydrogen) atoms. The molecule has 0 aliphatic rings. The molecule has 5 aromatic rings. The first-order valence-corrected chi connectivity index (χ1v) is 11.8. The van der Waals surface area contributed by atoms with E-state index in [2.05, 4.69) is 20.6 Å². The summed E-state index contributed by atoms with van der Waals surface area (Å²) in [6, 6.07) is 27.1. The number of nitrogens with zero attached hydrogens (tertiary/aromatic N) is 1. The van der Waals surface area contributed by atoms with Crippen LogP contribution in [0, 0.1) is 6.92 Å². The van der Waals surface area contributed by atoms with Crippen LogP contribution < -0.4 is 10.6 Å². The van der Waals surface area contributed by atoms with Gasteiger partial charge in [-0.15, -0.1) is 0 Å². The van der Waals surface area contributed by atoms with E-state index in [0.717, 1.165) is 27.7 Å². The molecule has 3 N–H and O–H groups in total. The Morgan fingerprint density at radius 2 is 1.72 bits per heavy atom. The van der Waals surface area contributed by atoms with Gasteiger partial charge in [0.1, 0.15) is 6.26 Å². The Morgan fingerprint density at radius 1 is 1.03 bits per heavy atom. The molecule has 0 aliphatic carbocycles. The SMILES string of the molecule is Cc1nc(C(=O)OC(CNC(=S)Nc2ccccc2)(c2ccccc2)c2c[nH]c3ccccc23)co1. The van der Waals surface area contributed by atoms with Gasteiger partial charge in [-0.05, 0) is 30.4 Å². The topological polar surface area (TPSA) is 92.2 Å². The number of oxazole rings is 1. The second kappa shape index (κ2) is 10.1. The molecule has 2 aromatic heterocycles. The number of nitrogens with one attached hydrogen (secondary N) is 3. The van der Waals surface area contributed by atoms with Gasteiger partial charge in [0.05, 0.1) is 6.54 Å². The number of carbonyl (C=O) groups is 1. The maximum atomic E-state index is 13.4. The molecule has 0 saturated heterocycles. The van der Waals surface area contributed by atoms with Gasteiger partial charge < -0.3 is 24.8 Å². The van der Waals surface area contributed by atoms with Crippen LogP contribution in [-0.4, -0.2) is 27.6 Å². The number of hydrogen-bond donors (Lipinski definition) is 3. The number of para-hydroxylation sites is 2. The summed E-state index contributed by atoms with van der Waals surface area (Å²) in [5.41, 5.74) is 2.19. The van der Waals surface area contributed by atoms with Crippen LogP contribution >= 0.6 is 12.2 Å². The molecule has 2 heterocycles. The normalized spacial score (nSPS) is 12.6. The fraction of sp³-hybridized carbons (Fsp3) is 0.107. The smallest absolute Gasteiger partial charge is 0.361 e. The first-order chi connectivity index (χ1) is 17.5. The third-order valence-electron chi connectivity index (χ3n) is 5.89. The number of benzene rings is 3. The van der Waals surface area contributed by atoms with Crippen LogP contribution in [0.4, 0.5) is 5.69 Å². The van der Waals surface area contributed by atoms with E-state index in [-0.39, 0.29) is 12.2 Å². The minimum atomic E-state index is -1.24. The molecule has 1 unspecified atom stereocenters. The largest absolute Gasteiger partial charge is 0.448 e. The first kappa shape index (κ1) is 23.3. The zero-order valence-corrected chi connectivity index (χ0v) is 20.3. The molecule has 0 saturated carbocycles. The molecular weight excluding hydrogens is 472 g/mol. The fourth-order valence-electron chi connectivity index (χ4n) is 4.19. The Hall–Kier alpha value is -4.43. The zero-order chi connectivity index (χ0) is 25.0. The van der Waals surface area contributed by atoms with Crippen LogP contribution in [0.15, 0.2) is 102 Å². The van der Waals surface area contributed by atoms with Gasteiger partial charge in [0.25, 0.3) is 0 Å². The standard InChI is InChI=1S/C28H24N4O3S/c1-19-31-25(17-34-19)26(33)35-28(20-10-4-2-5-11-20,23-16-29-24-15-9-8-14-22(23)24)18-30-27(36)32-21-12-6-3-7-13-21/h2-17,29H,18H2,1H3,(H2,30,32,36). The van der Waals surface area contributed by atoms with Gasteiger partial charge in [0.2, 0.25) is 0 Å². The van der Waals surface area contributed by atoms with Crippen LogP contribution in [0.2, 0.25) is 0 Å². The van der Waals surface area contributed by atoms with E-state index in [1.54, 1.807) is 6.92 Å². The second-order valence-corrected chi connectivity index (χ2v) is 8.66. The number of aryl methyl sites for hydroxylation is 1. The summed E-state index contributed by atoms with van der Waals surface area (Å²) in [5, 5.41) is 7.78. The summed E-state index contributed by atoms with van der Waals surface area (Å²) in [7, 11) is 0. The summed E-state index contributed by atoms with van der Waals surface area (Å²) in [6.07, 6.45) is 3.17. The quantitative estimate of drug-likeness (QED) is 0.201. The van der Waals surface area contributed by atoms with Crippen LogP contribution in [-0.2, 0) is 10.3 Å². The lowest BCUT2D eigenvalue weighted by atomic mass is 9.85. The molecule has 1 atom stereocenters. The van der Waals surface area contributed by atoms with E-state index in [4.69, 9.17) is 21.4 Å². The molecule has 7 nitrogen and oxygen atoms in total. The van der Waals surface area contributed by atoms with Crippen molar-refractivity contribution < 1.29 is 13.9 Å². The van der Waals surface area contributed by atoms with Gasteiger partial charge in [-0.2, -0.15) is 0 Å². The zero-order valence-electron chi connectivity index (χ0n) is 19.5. The molecule has 8 heteroatoms. The molecule has 180 valence electrons. The van der Waals surface area contributed by atoms with Crippen molar-refractivity contribution in [3.63, 3.8) is 0 Å². The Labute approximate surface area is 213 Å². The monoisotopic (exact) mass is 496 g/mol. The summed E-state index contributed by atoms with van der Waals surface area (Å²) >= 11 is 5.59. The van der Waals surface area contributed by atoms with Crippen molar-refractivity contribution >= 4 is 39.9 Å². The number of esters is 1. The molecule has 0 amide bonds. The lowest BCUT2D eigenvalue weighted by Crippen LogP contribution is -2.46. The molecule has 0 radical (unpaired) electrons. The van der Waals surface area contributed by atoms with E-state index in [0.29, 0.717) is 11.0 Å². The number of hydrogen-bond acceptors (Lipinski definition) is 5. The summed E-state index contributed by atoms with van der Waals surface area (Å²) in [4.78, 5) is 20.9. The average molecular weight is 497 g/mol. The number of rotatable bonds is 7. The molecule has 0 aliphatic heterocycles. The second-order valence-electron chi connectivity index (χ2n) is 8.26. The maximum Gasteiger partial charge on any atom is 0.361 e. The van der Waals surface area contributed by atoms with Gasteiger partial charge in [-0.25, -0.2) is 9.78 Å². The molecule has 0 bridgehead atoms. The highest BCUT2D eigenvalue weighted by atomic mass is 32.1.